The zero-order chi connectivity index (χ0) is 20.0. The van der Waals surface area contributed by atoms with Gasteiger partial charge in [-0.2, -0.15) is 0 Å². The highest BCUT2D eigenvalue weighted by Crippen LogP contribution is 2.36. The van der Waals surface area contributed by atoms with Gasteiger partial charge in [-0.3, -0.25) is 18.8 Å². The maximum atomic E-state index is 10.9. The van der Waals surface area contributed by atoms with Crippen molar-refractivity contribution in [2.24, 2.45) is 0 Å². The molecule has 0 bridgehead atoms. The SMILES string of the molecule is O=C(O)CN(C[C@@H](O)[C@@H](O)[C@H](O)[C@H](O)CCP(=O)(O)O)CP(=O)(O)O. The van der Waals surface area contributed by atoms with Crippen molar-refractivity contribution in [2.45, 2.75) is 30.8 Å². The fourth-order valence-electron chi connectivity index (χ4n) is 1.92. The van der Waals surface area contributed by atoms with Crippen LogP contribution in [0.2, 0.25) is 0 Å². The predicted molar refractivity (Wildman–Crippen MR) is 81.7 cm³/mol. The lowest BCUT2D eigenvalue weighted by atomic mass is 10.0. The monoisotopic (exact) mass is 411 g/mol. The molecule has 9 N–H and O–H groups in total. The molecule has 150 valence electrons. The Bertz CT molecular complexity index is 518. The molecule has 0 unspecified atom stereocenters. The van der Waals surface area contributed by atoms with E-state index in [1.807, 2.05) is 0 Å². The van der Waals surface area contributed by atoms with Crippen LogP contribution in [0.3, 0.4) is 0 Å². The molecule has 15 heteroatoms. The molecule has 25 heavy (non-hydrogen) atoms. The Morgan fingerprint density at radius 2 is 1.36 bits per heavy atom. The summed E-state index contributed by atoms with van der Waals surface area (Å²) in [6.45, 7) is -1.62. The summed E-state index contributed by atoms with van der Waals surface area (Å²) in [6, 6.07) is 0. The molecule has 0 heterocycles. The second kappa shape index (κ2) is 10.0. The molecule has 4 atom stereocenters. The molecule has 0 rings (SSSR count). The Morgan fingerprint density at radius 3 is 1.76 bits per heavy atom. The summed E-state index contributed by atoms with van der Waals surface area (Å²) in [5.74, 6) is -1.46. The van der Waals surface area contributed by atoms with Gasteiger partial charge in [0.25, 0.3) is 0 Å². The van der Waals surface area contributed by atoms with Crippen LogP contribution in [0.25, 0.3) is 0 Å². The first-order chi connectivity index (χ1) is 11.1. The molecular weight excluding hydrogens is 388 g/mol. The van der Waals surface area contributed by atoms with Gasteiger partial charge in [0.05, 0.1) is 24.9 Å². The van der Waals surface area contributed by atoms with E-state index in [0.717, 1.165) is 0 Å². The second-order valence-corrected chi connectivity index (χ2v) is 8.89. The number of aliphatic hydroxyl groups excluding tert-OH is 4. The van der Waals surface area contributed by atoms with E-state index in [9.17, 15) is 34.4 Å². The Balaban J connectivity index is 4.80. The molecule has 0 aliphatic carbocycles. The van der Waals surface area contributed by atoms with Crippen molar-refractivity contribution in [3.05, 3.63) is 0 Å². The third kappa shape index (κ3) is 11.7. The van der Waals surface area contributed by atoms with Crippen molar-refractivity contribution in [3.63, 3.8) is 0 Å². The van der Waals surface area contributed by atoms with Gasteiger partial charge < -0.3 is 45.1 Å². The summed E-state index contributed by atoms with van der Waals surface area (Å²) < 4.78 is 21.6. The molecule has 0 saturated carbocycles. The standard InChI is InChI=1S/C10H23NO12P2/c12-6(1-2-24(18,19)20)9(16)10(17)7(13)3-11(4-8(14)15)5-25(21,22)23/h6-7,9-10,12-13,16-17H,1-5H2,(H,14,15)(H2,18,19,20)(H2,21,22,23)/t6-,7-,9-,10-/m1/s1. The van der Waals surface area contributed by atoms with Crippen molar-refractivity contribution in [3.8, 4) is 0 Å². The van der Waals surface area contributed by atoms with Crippen molar-refractivity contribution in [1.29, 1.82) is 0 Å². The van der Waals surface area contributed by atoms with Crippen molar-refractivity contribution in [2.75, 3.05) is 25.5 Å². The van der Waals surface area contributed by atoms with Crippen LogP contribution in [0.5, 0.6) is 0 Å². The molecule has 0 aromatic carbocycles. The minimum absolute atomic E-state index is 0.587. The van der Waals surface area contributed by atoms with E-state index in [1.165, 1.54) is 0 Å². The van der Waals surface area contributed by atoms with Crippen LogP contribution in [0.4, 0.5) is 0 Å². The van der Waals surface area contributed by atoms with Crippen LogP contribution in [-0.4, -0.2) is 106 Å². The van der Waals surface area contributed by atoms with Crippen molar-refractivity contribution >= 4 is 21.2 Å². The maximum Gasteiger partial charge on any atom is 0.339 e. The van der Waals surface area contributed by atoms with E-state index < -0.39 is 77.5 Å². The predicted octanol–water partition coefficient (Wildman–Crippen LogP) is -3.48. The number of carboxylic acid groups (broad SMARTS) is 1. The summed E-state index contributed by atoms with van der Waals surface area (Å²) in [6.07, 6.45) is -10.2. The minimum atomic E-state index is -4.67. The Morgan fingerprint density at radius 1 is 0.880 bits per heavy atom. The summed E-state index contributed by atoms with van der Waals surface area (Å²) in [4.78, 5) is 46.4. The zero-order valence-electron chi connectivity index (χ0n) is 12.9. The third-order valence-corrected chi connectivity index (χ3v) is 4.65. The second-order valence-electron chi connectivity index (χ2n) is 5.50. The number of carbonyl (C=O) groups is 1. The Kier molecular flexibility index (Phi) is 9.87. The van der Waals surface area contributed by atoms with Gasteiger partial charge in [-0.1, -0.05) is 0 Å². The van der Waals surface area contributed by atoms with Crippen LogP contribution in [0.15, 0.2) is 0 Å². The summed E-state index contributed by atoms with van der Waals surface area (Å²) in [7, 11) is -9.12. The van der Waals surface area contributed by atoms with Crippen molar-refractivity contribution < 1.29 is 59.0 Å². The fourth-order valence-corrected chi connectivity index (χ4v) is 3.26. The number of aliphatic hydroxyl groups is 4. The maximum absolute atomic E-state index is 10.9. The fraction of sp³-hybridized carbons (Fsp3) is 0.900. The van der Waals surface area contributed by atoms with Crippen molar-refractivity contribution in [1.82, 2.24) is 4.90 Å². The number of hydrogen-bond acceptors (Lipinski definition) is 8. The molecule has 0 aromatic heterocycles. The lowest BCUT2D eigenvalue weighted by Gasteiger charge is -2.30. The van der Waals surface area contributed by atoms with Gasteiger partial charge in [-0.05, 0) is 6.42 Å². The largest absolute Gasteiger partial charge is 0.480 e. The van der Waals surface area contributed by atoms with Gasteiger partial charge in [0, 0.05) is 6.54 Å². The Hall–Kier alpha value is -0.430. The van der Waals surface area contributed by atoms with Gasteiger partial charge in [0.1, 0.15) is 18.5 Å². The van der Waals surface area contributed by atoms with Gasteiger partial charge in [0.15, 0.2) is 0 Å². The van der Waals surface area contributed by atoms with Gasteiger partial charge in [-0.15, -0.1) is 0 Å². The molecule has 0 aromatic rings. The lowest BCUT2D eigenvalue weighted by molar-refractivity contribution is -0.139. The number of aliphatic carboxylic acids is 1. The first-order valence-electron chi connectivity index (χ1n) is 6.88. The average molecular weight is 411 g/mol. The Labute approximate surface area is 142 Å². The summed E-state index contributed by atoms with van der Waals surface area (Å²) in [5.41, 5.74) is 0. The zero-order valence-corrected chi connectivity index (χ0v) is 14.7. The number of carboxylic acids is 1. The van der Waals surface area contributed by atoms with E-state index in [1.54, 1.807) is 0 Å². The molecule has 0 radical (unpaired) electrons. The van der Waals surface area contributed by atoms with Crippen LogP contribution < -0.4 is 0 Å². The van der Waals surface area contributed by atoms with Gasteiger partial charge >= 0.3 is 21.2 Å². The number of nitrogens with zero attached hydrogens (tertiary/aromatic N) is 1. The summed E-state index contributed by atoms with van der Waals surface area (Å²) in [5, 5.41) is 47.5. The lowest BCUT2D eigenvalue weighted by Crippen LogP contribution is -2.49. The van der Waals surface area contributed by atoms with Crippen LogP contribution >= 0.6 is 15.2 Å². The van der Waals surface area contributed by atoms with E-state index >= 15 is 0 Å². The highest BCUT2D eigenvalue weighted by Gasteiger charge is 2.33. The molecule has 0 fully saturated rings. The van der Waals surface area contributed by atoms with E-state index in [2.05, 4.69) is 0 Å². The van der Waals surface area contributed by atoms with Crippen LogP contribution in [0.1, 0.15) is 6.42 Å². The molecule has 0 amide bonds. The highest BCUT2D eigenvalue weighted by molar-refractivity contribution is 7.51. The van der Waals surface area contributed by atoms with E-state index in [4.69, 9.17) is 24.7 Å². The first kappa shape index (κ1) is 24.6. The molecule has 0 aliphatic heterocycles. The topological polar surface area (TPSA) is 237 Å². The minimum Gasteiger partial charge on any atom is -0.480 e. The molecule has 0 spiro atoms. The highest BCUT2D eigenvalue weighted by atomic mass is 31.2. The first-order valence-corrected chi connectivity index (χ1v) is 10.5. The summed E-state index contributed by atoms with van der Waals surface area (Å²) >= 11 is 0. The van der Waals surface area contributed by atoms with E-state index in [-0.39, 0.29) is 0 Å². The van der Waals surface area contributed by atoms with Gasteiger partial charge in [0.2, 0.25) is 0 Å². The van der Waals surface area contributed by atoms with E-state index in [0.29, 0.717) is 4.90 Å². The molecule has 0 saturated heterocycles. The normalized spacial score (nSPS) is 18.0. The van der Waals surface area contributed by atoms with Crippen LogP contribution in [-0.2, 0) is 13.9 Å². The van der Waals surface area contributed by atoms with Crippen LogP contribution in [0, 0.1) is 0 Å². The molecule has 0 aliphatic rings. The number of hydrogen-bond donors (Lipinski definition) is 9. The third-order valence-electron chi connectivity index (χ3n) is 3.04. The quantitative estimate of drug-likeness (QED) is 0.142. The number of rotatable bonds is 12. The average Bonchev–Trinajstić information content (AvgIpc) is 2.39. The molecule has 13 nitrogen and oxygen atoms in total. The smallest absolute Gasteiger partial charge is 0.339 e. The van der Waals surface area contributed by atoms with Gasteiger partial charge in [-0.25, -0.2) is 0 Å². The molecular formula is C10H23NO12P2.